The van der Waals surface area contributed by atoms with Gasteiger partial charge in [0.25, 0.3) is 5.91 Å². The summed E-state index contributed by atoms with van der Waals surface area (Å²) in [5, 5.41) is 2.95. The molecule has 4 heteroatoms. The van der Waals surface area contributed by atoms with Gasteiger partial charge in [-0.25, -0.2) is 0 Å². The van der Waals surface area contributed by atoms with Crippen LogP contribution in [0.2, 0.25) is 0 Å². The summed E-state index contributed by atoms with van der Waals surface area (Å²) in [6, 6.07) is 7.96. The lowest BCUT2D eigenvalue weighted by Crippen LogP contribution is -2.44. The molecule has 0 radical (unpaired) electrons. The Morgan fingerprint density at radius 2 is 1.80 bits per heavy atom. The number of unbranched alkanes of at least 4 members (excludes halogenated alkanes) is 1. The summed E-state index contributed by atoms with van der Waals surface area (Å²) in [5.74, 6) is 0.0309. The molecule has 0 saturated carbocycles. The maximum Gasteiger partial charge on any atom is 0.251 e. The summed E-state index contributed by atoms with van der Waals surface area (Å²) in [7, 11) is 2.15. The van der Waals surface area contributed by atoms with E-state index in [2.05, 4.69) is 41.2 Å². The van der Waals surface area contributed by atoms with Crippen LogP contribution in [0.1, 0.15) is 30.1 Å². The second-order valence-electron chi connectivity index (χ2n) is 5.45. The normalized spacial score (nSPS) is 16.2. The van der Waals surface area contributed by atoms with Crippen molar-refractivity contribution in [2.75, 3.05) is 44.7 Å². The first kappa shape index (κ1) is 14.9. The largest absolute Gasteiger partial charge is 0.369 e. The maximum absolute atomic E-state index is 11.9. The van der Waals surface area contributed by atoms with E-state index in [0.717, 1.165) is 51.1 Å². The lowest BCUT2D eigenvalue weighted by Gasteiger charge is -2.34. The first-order valence-electron chi connectivity index (χ1n) is 7.52. The van der Waals surface area contributed by atoms with Gasteiger partial charge in [0, 0.05) is 44.0 Å². The Morgan fingerprint density at radius 1 is 1.15 bits per heavy atom. The fraction of sp³-hybridized carbons (Fsp3) is 0.562. The first-order valence-corrected chi connectivity index (χ1v) is 7.52. The monoisotopic (exact) mass is 275 g/mol. The Balaban J connectivity index is 1.90. The van der Waals surface area contributed by atoms with Crippen LogP contribution in [0.3, 0.4) is 0 Å². The minimum Gasteiger partial charge on any atom is -0.369 e. The number of hydrogen-bond acceptors (Lipinski definition) is 3. The van der Waals surface area contributed by atoms with E-state index in [1.807, 2.05) is 12.1 Å². The highest BCUT2D eigenvalue weighted by atomic mass is 16.1. The zero-order chi connectivity index (χ0) is 14.4. The molecule has 1 fully saturated rings. The summed E-state index contributed by atoms with van der Waals surface area (Å²) in [6.45, 7) is 7.18. The first-order chi connectivity index (χ1) is 9.70. The van der Waals surface area contributed by atoms with Crippen molar-refractivity contribution >= 4 is 11.6 Å². The summed E-state index contributed by atoms with van der Waals surface area (Å²) in [4.78, 5) is 16.6. The third-order valence-electron chi connectivity index (χ3n) is 3.81. The molecule has 110 valence electrons. The van der Waals surface area contributed by atoms with Gasteiger partial charge in [0.15, 0.2) is 0 Å². The van der Waals surface area contributed by atoms with Crippen molar-refractivity contribution in [3.8, 4) is 0 Å². The van der Waals surface area contributed by atoms with E-state index in [0.29, 0.717) is 0 Å². The van der Waals surface area contributed by atoms with Gasteiger partial charge in [0.05, 0.1) is 0 Å². The van der Waals surface area contributed by atoms with Gasteiger partial charge < -0.3 is 15.1 Å². The van der Waals surface area contributed by atoms with Gasteiger partial charge in [-0.05, 0) is 37.7 Å². The predicted molar refractivity (Wildman–Crippen MR) is 83.4 cm³/mol. The number of nitrogens with one attached hydrogen (secondary N) is 1. The van der Waals surface area contributed by atoms with Crippen LogP contribution in [-0.4, -0.2) is 50.6 Å². The minimum atomic E-state index is 0.0309. The second-order valence-corrected chi connectivity index (χ2v) is 5.45. The Labute approximate surface area is 121 Å². The van der Waals surface area contributed by atoms with E-state index in [1.54, 1.807) is 0 Å². The van der Waals surface area contributed by atoms with E-state index in [1.165, 1.54) is 5.69 Å². The zero-order valence-corrected chi connectivity index (χ0v) is 12.6. The minimum absolute atomic E-state index is 0.0309. The van der Waals surface area contributed by atoms with Gasteiger partial charge in [0.2, 0.25) is 0 Å². The average Bonchev–Trinajstić information content (AvgIpc) is 2.48. The quantitative estimate of drug-likeness (QED) is 0.835. The smallest absolute Gasteiger partial charge is 0.251 e. The lowest BCUT2D eigenvalue weighted by atomic mass is 10.1. The molecule has 0 unspecified atom stereocenters. The average molecular weight is 275 g/mol. The molecule has 1 aromatic rings. The molecule has 1 aliphatic rings. The highest BCUT2D eigenvalue weighted by molar-refractivity contribution is 5.94. The summed E-state index contributed by atoms with van der Waals surface area (Å²) < 4.78 is 0. The Hall–Kier alpha value is -1.55. The molecule has 1 amide bonds. The van der Waals surface area contributed by atoms with Crippen molar-refractivity contribution in [1.29, 1.82) is 0 Å². The lowest BCUT2D eigenvalue weighted by molar-refractivity contribution is 0.0953. The summed E-state index contributed by atoms with van der Waals surface area (Å²) in [5.41, 5.74) is 1.96. The van der Waals surface area contributed by atoms with E-state index >= 15 is 0 Å². The number of piperazine rings is 1. The van der Waals surface area contributed by atoms with Crippen LogP contribution in [0.4, 0.5) is 5.69 Å². The van der Waals surface area contributed by atoms with Gasteiger partial charge in [-0.15, -0.1) is 0 Å². The Bertz CT molecular complexity index is 422. The molecule has 1 saturated heterocycles. The van der Waals surface area contributed by atoms with Crippen LogP contribution < -0.4 is 10.2 Å². The van der Waals surface area contributed by atoms with E-state index < -0.39 is 0 Å². The molecule has 1 heterocycles. The predicted octanol–water partition coefficient (Wildman–Crippen LogP) is 1.97. The fourth-order valence-corrected chi connectivity index (χ4v) is 2.37. The molecule has 0 atom stereocenters. The highest BCUT2D eigenvalue weighted by Gasteiger charge is 2.14. The van der Waals surface area contributed by atoms with E-state index in [4.69, 9.17) is 0 Å². The number of rotatable bonds is 5. The van der Waals surface area contributed by atoms with Crippen molar-refractivity contribution in [1.82, 2.24) is 10.2 Å². The number of amides is 1. The van der Waals surface area contributed by atoms with Crippen LogP contribution >= 0.6 is 0 Å². The zero-order valence-electron chi connectivity index (χ0n) is 12.6. The number of carbonyl (C=O) groups is 1. The van der Waals surface area contributed by atoms with Crippen LogP contribution in [0.5, 0.6) is 0 Å². The third-order valence-corrected chi connectivity index (χ3v) is 3.81. The molecule has 1 N–H and O–H groups in total. The van der Waals surface area contributed by atoms with Crippen molar-refractivity contribution in [2.45, 2.75) is 19.8 Å². The topological polar surface area (TPSA) is 35.6 Å². The second kappa shape index (κ2) is 7.29. The van der Waals surface area contributed by atoms with Crippen molar-refractivity contribution in [3.63, 3.8) is 0 Å². The molecular weight excluding hydrogens is 250 g/mol. The highest BCUT2D eigenvalue weighted by Crippen LogP contribution is 2.17. The number of carbonyl (C=O) groups excluding carboxylic acids is 1. The van der Waals surface area contributed by atoms with Gasteiger partial charge in [-0.2, -0.15) is 0 Å². The Morgan fingerprint density at radius 3 is 2.40 bits per heavy atom. The fourth-order valence-electron chi connectivity index (χ4n) is 2.37. The Kier molecular flexibility index (Phi) is 5.41. The van der Waals surface area contributed by atoms with Crippen LogP contribution in [0.15, 0.2) is 24.3 Å². The molecule has 0 spiro atoms. The van der Waals surface area contributed by atoms with Crippen molar-refractivity contribution in [2.24, 2.45) is 0 Å². The maximum atomic E-state index is 11.9. The molecule has 1 aromatic carbocycles. The van der Waals surface area contributed by atoms with Gasteiger partial charge in [-0.3, -0.25) is 4.79 Å². The molecule has 0 bridgehead atoms. The van der Waals surface area contributed by atoms with E-state index in [-0.39, 0.29) is 5.91 Å². The molecule has 2 rings (SSSR count). The number of anilines is 1. The molecule has 20 heavy (non-hydrogen) atoms. The number of hydrogen-bond donors (Lipinski definition) is 1. The number of nitrogens with zero attached hydrogens (tertiary/aromatic N) is 2. The third kappa shape index (κ3) is 3.97. The standard InChI is InChI=1S/C16H25N3O/c1-3-4-9-17-16(20)14-5-7-15(8-6-14)19-12-10-18(2)11-13-19/h5-8H,3-4,9-13H2,1-2H3,(H,17,20). The molecule has 1 aliphatic heterocycles. The number of benzene rings is 1. The van der Waals surface area contributed by atoms with Crippen molar-refractivity contribution in [3.05, 3.63) is 29.8 Å². The SMILES string of the molecule is CCCCNC(=O)c1ccc(N2CCN(C)CC2)cc1. The van der Waals surface area contributed by atoms with E-state index in [9.17, 15) is 4.79 Å². The summed E-state index contributed by atoms with van der Waals surface area (Å²) >= 11 is 0. The molecule has 0 aliphatic carbocycles. The van der Waals surface area contributed by atoms with Crippen LogP contribution in [0.25, 0.3) is 0 Å². The van der Waals surface area contributed by atoms with Crippen LogP contribution in [0, 0.1) is 0 Å². The van der Waals surface area contributed by atoms with Gasteiger partial charge in [-0.1, -0.05) is 13.3 Å². The van der Waals surface area contributed by atoms with Crippen LogP contribution in [-0.2, 0) is 0 Å². The van der Waals surface area contributed by atoms with Gasteiger partial charge in [0.1, 0.15) is 0 Å². The summed E-state index contributed by atoms with van der Waals surface area (Å²) in [6.07, 6.45) is 2.13. The van der Waals surface area contributed by atoms with Gasteiger partial charge >= 0.3 is 0 Å². The number of likely N-dealkylation sites (N-methyl/N-ethyl adjacent to an activating group) is 1. The molecular formula is C16H25N3O. The molecule has 4 nitrogen and oxygen atoms in total. The van der Waals surface area contributed by atoms with Crippen molar-refractivity contribution < 1.29 is 4.79 Å². The molecule has 0 aromatic heterocycles.